The van der Waals surface area contributed by atoms with Crippen molar-refractivity contribution >= 4 is 5.95 Å². The third-order valence-corrected chi connectivity index (χ3v) is 5.98. The Labute approximate surface area is 174 Å². The highest BCUT2D eigenvalue weighted by atomic mass is 16.5. The summed E-state index contributed by atoms with van der Waals surface area (Å²) in [6.07, 6.45) is 4.81. The molecular formula is C22H23N5O3. The van der Waals surface area contributed by atoms with Crippen molar-refractivity contribution in [1.82, 2.24) is 19.5 Å². The highest BCUT2D eigenvalue weighted by Gasteiger charge is 2.39. The number of hydrogen-bond acceptors (Lipinski definition) is 7. The lowest BCUT2D eigenvalue weighted by Crippen LogP contribution is -2.51. The van der Waals surface area contributed by atoms with E-state index in [-0.39, 0.29) is 17.7 Å². The molecule has 154 valence electrons. The fourth-order valence-corrected chi connectivity index (χ4v) is 4.53. The molecule has 8 heteroatoms. The van der Waals surface area contributed by atoms with Crippen molar-refractivity contribution in [3.8, 4) is 17.1 Å². The highest BCUT2D eigenvalue weighted by Crippen LogP contribution is 2.42. The van der Waals surface area contributed by atoms with E-state index >= 15 is 0 Å². The van der Waals surface area contributed by atoms with E-state index in [0.29, 0.717) is 30.5 Å². The number of rotatable bonds is 3. The quantitative estimate of drug-likeness (QED) is 0.660. The van der Waals surface area contributed by atoms with Gasteiger partial charge in [-0.25, -0.2) is 15.0 Å². The summed E-state index contributed by atoms with van der Waals surface area (Å²) in [6.45, 7) is 1.24. The molecule has 5 rings (SSSR count). The molecule has 1 aromatic carbocycles. The summed E-state index contributed by atoms with van der Waals surface area (Å²) >= 11 is 0. The minimum atomic E-state index is -0.116. The molecule has 0 spiro atoms. The van der Waals surface area contributed by atoms with Crippen LogP contribution in [0.15, 0.2) is 47.7 Å². The maximum absolute atomic E-state index is 12.7. The molecule has 2 atom stereocenters. The van der Waals surface area contributed by atoms with Crippen molar-refractivity contribution in [2.24, 2.45) is 7.05 Å². The molecule has 0 N–H and O–H groups in total. The molecule has 2 aliphatic rings. The molecular weight excluding hydrogens is 382 g/mol. The van der Waals surface area contributed by atoms with Crippen LogP contribution in [0.2, 0.25) is 0 Å². The van der Waals surface area contributed by atoms with Crippen molar-refractivity contribution in [1.29, 1.82) is 0 Å². The molecule has 8 nitrogen and oxygen atoms in total. The van der Waals surface area contributed by atoms with Crippen molar-refractivity contribution < 1.29 is 9.47 Å². The first-order valence-electron chi connectivity index (χ1n) is 10.1. The molecule has 0 amide bonds. The molecule has 1 fully saturated rings. The SMILES string of the molecule is COc1cccc2c1CC[C@H]1C2OCCN1c1nc(-c2ccncn2)cc(=O)n1C. The van der Waals surface area contributed by atoms with E-state index in [9.17, 15) is 4.79 Å². The average Bonchev–Trinajstić information content (AvgIpc) is 2.80. The van der Waals surface area contributed by atoms with Crippen LogP contribution in [-0.2, 0) is 18.2 Å². The van der Waals surface area contributed by atoms with Gasteiger partial charge in [0.25, 0.3) is 5.56 Å². The van der Waals surface area contributed by atoms with Crippen LogP contribution >= 0.6 is 0 Å². The second kappa shape index (κ2) is 7.53. The van der Waals surface area contributed by atoms with Gasteiger partial charge in [-0.3, -0.25) is 9.36 Å². The maximum Gasteiger partial charge on any atom is 0.255 e. The summed E-state index contributed by atoms with van der Waals surface area (Å²) in [5.41, 5.74) is 3.44. The normalized spacial score (nSPS) is 20.4. The second-order valence-corrected chi connectivity index (χ2v) is 7.55. The van der Waals surface area contributed by atoms with E-state index in [1.807, 2.05) is 12.1 Å². The number of ether oxygens (including phenoxy) is 2. The van der Waals surface area contributed by atoms with Crippen LogP contribution in [0.25, 0.3) is 11.4 Å². The largest absolute Gasteiger partial charge is 0.496 e. The van der Waals surface area contributed by atoms with Gasteiger partial charge >= 0.3 is 0 Å². The number of fused-ring (bicyclic) bond motifs is 3. The van der Waals surface area contributed by atoms with Gasteiger partial charge in [0, 0.05) is 31.4 Å². The van der Waals surface area contributed by atoms with Gasteiger partial charge in [0.1, 0.15) is 18.2 Å². The third kappa shape index (κ3) is 3.04. The van der Waals surface area contributed by atoms with Crippen LogP contribution in [0.1, 0.15) is 23.7 Å². The van der Waals surface area contributed by atoms with E-state index in [0.717, 1.165) is 24.2 Å². The number of morpholine rings is 1. The summed E-state index contributed by atoms with van der Waals surface area (Å²) in [6, 6.07) is 9.49. The van der Waals surface area contributed by atoms with Crippen LogP contribution in [0, 0.1) is 0 Å². The fraction of sp³-hybridized carbons (Fsp3) is 0.364. The molecule has 0 bridgehead atoms. The average molecular weight is 405 g/mol. The number of aromatic nitrogens is 4. The summed E-state index contributed by atoms with van der Waals surface area (Å²) in [5, 5.41) is 0. The first-order valence-corrected chi connectivity index (χ1v) is 10.1. The van der Waals surface area contributed by atoms with Crippen molar-refractivity contribution in [2.45, 2.75) is 25.0 Å². The molecule has 3 heterocycles. The number of methoxy groups -OCH3 is 1. The monoisotopic (exact) mass is 405 g/mol. The summed E-state index contributed by atoms with van der Waals surface area (Å²) in [5.74, 6) is 1.55. The fourth-order valence-electron chi connectivity index (χ4n) is 4.53. The molecule has 1 aliphatic carbocycles. The minimum absolute atomic E-state index is 0.0859. The first-order chi connectivity index (χ1) is 14.7. The molecule has 1 aliphatic heterocycles. The van der Waals surface area contributed by atoms with Gasteiger partial charge in [0.05, 0.1) is 31.1 Å². The third-order valence-electron chi connectivity index (χ3n) is 5.98. The summed E-state index contributed by atoms with van der Waals surface area (Å²) in [7, 11) is 3.47. The Morgan fingerprint density at radius 1 is 1.23 bits per heavy atom. The van der Waals surface area contributed by atoms with Crippen LogP contribution < -0.4 is 15.2 Å². The van der Waals surface area contributed by atoms with E-state index in [4.69, 9.17) is 14.5 Å². The van der Waals surface area contributed by atoms with Gasteiger partial charge in [0.15, 0.2) is 0 Å². The number of benzene rings is 1. The summed E-state index contributed by atoms with van der Waals surface area (Å²) in [4.78, 5) is 28.0. The van der Waals surface area contributed by atoms with Crippen molar-refractivity contribution in [2.75, 3.05) is 25.2 Å². The molecule has 0 radical (unpaired) electrons. The molecule has 2 aromatic heterocycles. The van der Waals surface area contributed by atoms with E-state index in [2.05, 4.69) is 20.9 Å². The van der Waals surface area contributed by atoms with Gasteiger partial charge in [-0.05, 0) is 30.5 Å². The Bertz CT molecular complexity index is 1130. The van der Waals surface area contributed by atoms with Gasteiger partial charge in [-0.1, -0.05) is 12.1 Å². The lowest BCUT2D eigenvalue weighted by Gasteiger charge is -2.45. The smallest absolute Gasteiger partial charge is 0.255 e. The molecule has 30 heavy (non-hydrogen) atoms. The minimum Gasteiger partial charge on any atom is -0.496 e. The Balaban J connectivity index is 1.57. The Hall–Kier alpha value is -3.26. The number of nitrogens with zero attached hydrogens (tertiary/aromatic N) is 5. The second-order valence-electron chi connectivity index (χ2n) is 7.55. The topological polar surface area (TPSA) is 82.4 Å². The Kier molecular flexibility index (Phi) is 4.71. The van der Waals surface area contributed by atoms with Crippen molar-refractivity contribution in [3.63, 3.8) is 0 Å². The lowest BCUT2D eigenvalue weighted by atomic mass is 9.83. The first kappa shape index (κ1) is 18.7. The Morgan fingerprint density at radius 2 is 2.13 bits per heavy atom. The summed E-state index contributed by atoms with van der Waals surface area (Å²) < 4.78 is 13.4. The van der Waals surface area contributed by atoms with E-state index in [1.165, 1.54) is 18.0 Å². The molecule has 0 saturated carbocycles. The standard InChI is InChI=1S/C22H23N5O3/c1-26-20(28)12-17(16-8-9-23-13-24-16)25-22(26)27-10-11-30-21-15-4-3-5-19(29-2)14(15)6-7-18(21)27/h3-5,8-9,12-13,18,21H,6-7,10-11H2,1-2H3/t18-,21?/m0/s1. The molecule has 1 saturated heterocycles. The zero-order valence-electron chi connectivity index (χ0n) is 17.0. The number of hydrogen-bond donors (Lipinski definition) is 0. The van der Waals surface area contributed by atoms with Gasteiger partial charge in [-0.15, -0.1) is 0 Å². The zero-order valence-corrected chi connectivity index (χ0v) is 17.0. The van der Waals surface area contributed by atoms with E-state index < -0.39 is 0 Å². The van der Waals surface area contributed by atoms with Gasteiger partial charge in [-0.2, -0.15) is 0 Å². The number of anilines is 1. The van der Waals surface area contributed by atoms with Gasteiger partial charge < -0.3 is 14.4 Å². The predicted molar refractivity (Wildman–Crippen MR) is 112 cm³/mol. The zero-order chi connectivity index (χ0) is 20.7. The van der Waals surface area contributed by atoms with Gasteiger partial charge in [0.2, 0.25) is 5.95 Å². The maximum atomic E-state index is 12.7. The highest BCUT2D eigenvalue weighted by molar-refractivity contribution is 5.56. The van der Waals surface area contributed by atoms with Crippen LogP contribution in [0.3, 0.4) is 0 Å². The molecule has 1 unspecified atom stereocenters. The predicted octanol–water partition coefficient (Wildman–Crippen LogP) is 2.14. The van der Waals surface area contributed by atoms with Crippen LogP contribution in [0.5, 0.6) is 5.75 Å². The van der Waals surface area contributed by atoms with Crippen LogP contribution in [0.4, 0.5) is 5.95 Å². The van der Waals surface area contributed by atoms with Crippen LogP contribution in [-0.4, -0.2) is 45.8 Å². The Morgan fingerprint density at radius 3 is 2.93 bits per heavy atom. The van der Waals surface area contributed by atoms with Crippen molar-refractivity contribution in [3.05, 3.63) is 64.3 Å². The molecule has 3 aromatic rings. The lowest BCUT2D eigenvalue weighted by molar-refractivity contribution is 0.00148. The van der Waals surface area contributed by atoms with E-state index in [1.54, 1.807) is 31.0 Å².